The van der Waals surface area contributed by atoms with Gasteiger partial charge in [-0.05, 0) is 24.1 Å². The third-order valence-electron chi connectivity index (χ3n) is 3.19. The Morgan fingerprint density at radius 1 is 1.10 bits per heavy atom. The summed E-state index contributed by atoms with van der Waals surface area (Å²) in [4.78, 5) is 16.3. The number of amides is 1. The molecule has 0 saturated carbocycles. The quantitative estimate of drug-likeness (QED) is 0.787. The highest BCUT2D eigenvalue weighted by Gasteiger charge is 2.10. The van der Waals surface area contributed by atoms with Crippen molar-refractivity contribution in [2.24, 2.45) is 0 Å². The van der Waals surface area contributed by atoms with Gasteiger partial charge < -0.3 is 5.32 Å². The topological polar surface area (TPSA) is 46.4 Å². The molecule has 0 fully saturated rings. The Morgan fingerprint density at radius 2 is 1.90 bits per heavy atom. The Bertz CT molecular complexity index is 719. The molecule has 1 N–H and O–H groups in total. The van der Waals surface area contributed by atoms with Crippen molar-refractivity contribution >= 4 is 11.6 Å². The molecule has 2 heterocycles. The monoisotopic (exact) mass is 265 g/mol. The number of benzene rings is 1. The first kappa shape index (κ1) is 12.4. The number of aromatic nitrogens is 2. The normalized spacial score (nSPS) is 10.6. The van der Waals surface area contributed by atoms with Gasteiger partial charge in [-0.2, -0.15) is 0 Å². The molecular weight excluding hydrogens is 250 g/mol. The SMILES string of the molecule is O=C(NCCc1ccccc1)c1cnc2ccccn12. The standard InChI is InChI=1S/C16H15N3O/c20-16(17-10-9-13-6-2-1-3-7-13)14-12-18-15-8-4-5-11-19(14)15/h1-8,11-12H,9-10H2,(H,17,20). The molecule has 0 unspecified atom stereocenters. The van der Waals surface area contributed by atoms with Crippen LogP contribution < -0.4 is 5.32 Å². The molecule has 1 amide bonds. The van der Waals surface area contributed by atoms with E-state index in [4.69, 9.17) is 0 Å². The number of nitrogens with one attached hydrogen (secondary N) is 1. The number of hydrogen-bond donors (Lipinski definition) is 1. The number of rotatable bonds is 4. The van der Waals surface area contributed by atoms with Gasteiger partial charge >= 0.3 is 0 Å². The minimum Gasteiger partial charge on any atom is -0.350 e. The second kappa shape index (κ2) is 5.57. The summed E-state index contributed by atoms with van der Waals surface area (Å²) in [7, 11) is 0. The minimum absolute atomic E-state index is 0.0976. The summed E-state index contributed by atoms with van der Waals surface area (Å²) in [6, 6.07) is 15.8. The van der Waals surface area contributed by atoms with Gasteiger partial charge in [0.05, 0.1) is 6.20 Å². The van der Waals surface area contributed by atoms with Gasteiger partial charge in [0, 0.05) is 12.7 Å². The molecule has 0 aliphatic carbocycles. The van der Waals surface area contributed by atoms with Crippen LogP contribution in [0.4, 0.5) is 0 Å². The fourth-order valence-corrected chi connectivity index (χ4v) is 2.16. The van der Waals surface area contributed by atoms with Crippen molar-refractivity contribution in [2.45, 2.75) is 6.42 Å². The highest BCUT2D eigenvalue weighted by atomic mass is 16.1. The van der Waals surface area contributed by atoms with E-state index in [0.29, 0.717) is 12.2 Å². The number of imidazole rings is 1. The summed E-state index contributed by atoms with van der Waals surface area (Å²) in [5.74, 6) is -0.0976. The number of hydrogen-bond acceptors (Lipinski definition) is 2. The zero-order valence-corrected chi connectivity index (χ0v) is 11.0. The van der Waals surface area contributed by atoms with Crippen LogP contribution in [0.15, 0.2) is 60.9 Å². The average Bonchev–Trinajstić information content (AvgIpc) is 2.92. The summed E-state index contributed by atoms with van der Waals surface area (Å²) in [6.07, 6.45) is 4.27. The molecule has 100 valence electrons. The maximum absolute atomic E-state index is 12.1. The van der Waals surface area contributed by atoms with Gasteiger partial charge in [-0.25, -0.2) is 4.98 Å². The Balaban J connectivity index is 1.65. The summed E-state index contributed by atoms with van der Waals surface area (Å²) >= 11 is 0. The lowest BCUT2D eigenvalue weighted by Gasteiger charge is -2.05. The lowest BCUT2D eigenvalue weighted by molar-refractivity contribution is 0.0948. The predicted octanol–water partition coefficient (Wildman–Crippen LogP) is 2.31. The van der Waals surface area contributed by atoms with E-state index in [1.54, 1.807) is 10.6 Å². The molecule has 0 saturated heterocycles. The van der Waals surface area contributed by atoms with Crippen LogP contribution in [0.5, 0.6) is 0 Å². The molecule has 0 atom stereocenters. The lowest BCUT2D eigenvalue weighted by atomic mass is 10.1. The lowest BCUT2D eigenvalue weighted by Crippen LogP contribution is -2.26. The second-order valence-electron chi connectivity index (χ2n) is 4.56. The van der Waals surface area contributed by atoms with E-state index in [1.165, 1.54) is 5.56 Å². The molecule has 3 aromatic rings. The molecule has 4 nitrogen and oxygen atoms in total. The van der Waals surface area contributed by atoms with Crippen molar-refractivity contribution in [1.82, 2.24) is 14.7 Å². The first-order valence-corrected chi connectivity index (χ1v) is 6.59. The van der Waals surface area contributed by atoms with Gasteiger partial charge in [-0.15, -0.1) is 0 Å². The van der Waals surface area contributed by atoms with Crippen molar-refractivity contribution in [1.29, 1.82) is 0 Å². The number of pyridine rings is 1. The van der Waals surface area contributed by atoms with Gasteiger partial charge in [0.25, 0.3) is 5.91 Å². The number of fused-ring (bicyclic) bond motifs is 1. The Labute approximate surface area is 117 Å². The molecule has 20 heavy (non-hydrogen) atoms. The summed E-state index contributed by atoms with van der Waals surface area (Å²) in [6.45, 7) is 0.614. The van der Waals surface area contributed by atoms with Gasteiger partial charge in [0.2, 0.25) is 0 Å². The minimum atomic E-state index is -0.0976. The Morgan fingerprint density at radius 3 is 2.75 bits per heavy atom. The first-order chi connectivity index (χ1) is 9.84. The molecule has 2 aromatic heterocycles. The van der Waals surface area contributed by atoms with Crippen molar-refractivity contribution in [3.8, 4) is 0 Å². The maximum atomic E-state index is 12.1. The molecule has 0 aliphatic rings. The van der Waals surface area contributed by atoms with E-state index in [1.807, 2.05) is 42.6 Å². The summed E-state index contributed by atoms with van der Waals surface area (Å²) in [5.41, 5.74) is 2.56. The number of carbonyl (C=O) groups excluding carboxylic acids is 1. The van der Waals surface area contributed by atoms with Crippen LogP contribution in [0.25, 0.3) is 5.65 Å². The van der Waals surface area contributed by atoms with Gasteiger partial charge in [0.1, 0.15) is 11.3 Å². The molecule has 0 radical (unpaired) electrons. The third kappa shape index (κ3) is 2.54. The predicted molar refractivity (Wildman–Crippen MR) is 77.7 cm³/mol. The van der Waals surface area contributed by atoms with Crippen LogP contribution in [-0.2, 0) is 6.42 Å². The molecule has 1 aromatic carbocycles. The number of nitrogens with zero attached hydrogens (tertiary/aromatic N) is 2. The van der Waals surface area contributed by atoms with Crippen LogP contribution in [0.1, 0.15) is 16.1 Å². The van der Waals surface area contributed by atoms with Crippen LogP contribution in [-0.4, -0.2) is 21.8 Å². The van der Waals surface area contributed by atoms with Crippen LogP contribution in [0, 0.1) is 0 Å². The zero-order chi connectivity index (χ0) is 13.8. The molecule has 0 aliphatic heterocycles. The van der Waals surface area contributed by atoms with Gasteiger partial charge in [-0.1, -0.05) is 36.4 Å². The van der Waals surface area contributed by atoms with Crippen LogP contribution in [0.3, 0.4) is 0 Å². The van der Waals surface area contributed by atoms with Crippen molar-refractivity contribution < 1.29 is 4.79 Å². The Hall–Kier alpha value is -2.62. The molecule has 0 bridgehead atoms. The molecule has 3 rings (SSSR count). The van der Waals surface area contributed by atoms with E-state index < -0.39 is 0 Å². The van der Waals surface area contributed by atoms with Crippen LogP contribution >= 0.6 is 0 Å². The molecule has 0 spiro atoms. The highest BCUT2D eigenvalue weighted by Crippen LogP contribution is 2.06. The maximum Gasteiger partial charge on any atom is 0.269 e. The van der Waals surface area contributed by atoms with E-state index in [0.717, 1.165) is 12.1 Å². The number of carbonyl (C=O) groups is 1. The molecule has 4 heteroatoms. The smallest absolute Gasteiger partial charge is 0.269 e. The molecular formula is C16H15N3O. The zero-order valence-electron chi connectivity index (χ0n) is 11.0. The van der Waals surface area contributed by atoms with E-state index in [2.05, 4.69) is 22.4 Å². The van der Waals surface area contributed by atoms with Crippen molar-refractivity contribution in [3.05, 3.63) is 72.2 Å². The van der Waals surface area contributed by atoms with Crippen LogP contribution in [0.2, 0.25) is 0 Å². The van der Waals surface area contributed by atoms with Crippen molar-refractivity contribution in [3.63, 3.8) is 0 Å². The van der Waals surface area contributed by atoms with E-state index in [-0.39, 0.29) is 5.91 Å². The fourth-order valence-electron chi connectivity index (χ4n) is 2.16. The highest BCUT2D eigenvalue weighted by molar-refractivity contribution is 5.93. The third-order valence-corrected chi connectivity index (χ3v) is 3.19. The largest absolute Gasteiger partial charge is 0.350 e. The Kier molecular flexibility index (Phi) is 3.46. The van der Waals surface area contributed by atoms with Gasteiger partial charge in [-0.3, -0.25) is 9.20 Å². The average molecular weight is 265 g/mol. The fraction of sp³-hybridized carbons (Fsp3) is 0.125. The summed E-state index contributed by atoms with van der Waals surface area (Å²) in [5, 5.41) is 2.93. The first-order valence-electron chi connectivity index (χ1n) is 6.59. The van der Waals surface area contributed by atoms with Gasteiger partial charge in [0.15, 0.2) is 0 Å². The second-order valence-corrected chi connectivity index (χ2v) is 4.56. The van der Waals surface area contributed by atoms with E-state index in [9.17, 15) is 4.79 Å². The van der Waals surface area contributed by atoms with E-state index >= 15 is 0 Å². The van der Waals surface area contributed by atoms with Crippen molar-refractivity contribution in [2.75, 3.05) is 6.54 Å². The summed E-state index contributed by atoms with van der Waals surface area (Å²) < 4.78 is 1.79.